The van der Waals surface area contributed by atoms with E-state index in [1.54, 1.807) is 0 Å². The van der Waals surface area contributed by atoms with Gasteiger partial charge in [0.2, 0.25) is 0 Å². The molecule has 1 aromatic heterocycles. The highest BCUT2D eigenvalue weighted by Crippen LogP contribution is 2.15. The van der Waals surface area contributed by atoms with Crippen LogP contribution in [0.2, 0.25) is 0 Å². The minimum absolute atomic E-state index is 0.100. The van der Waals surface area contributed by atoms with Crippen molar-refractivity contribution in [3.8, 4) is 0 Å². The van der Waals surface area contributed by atoms with Crippen LogP contribution in [0.4, 0.5) is 0 Å². The summed E-state index contributed by atoms with van der Waals surface area (Å²) in [7, 11) is 1.41. The Kier molecular flexibility index (Phi) is 7.06. The minimum Gasteiger partial charge on any atom is -0.469 e. The molecule has 23 heavy (non-hydrogen) atoms. The van der Waals surface area contributed by atoms with Gasteiger partial charge in [0.1, 0.15) is 0 Å². The summed E-state index contributed by atoms with van der Waals surface area (Å²) in [6.45, 7) is 2.28. The number of esters is 1. The zero-order valence-electron chi connectivity index (χ0n) is 13.7. The Hall–Kier alpha value is -1.89. The normalized spacial score (nSPS) is 13.4. The van der Waals surface area contributed by atoms with Crippen molar-refractivity contribution in [3.63, 3.8) is 0 Å². The molecule has 2 rings (SSSR count). The fourth-order valence-electron chi connectivity index (χ4n) is 2.73. The SMILES string of the molecule is COC(=O)CCCCCCCNC(=O)c1n[nH]c2c1CNCC2. The summed E-state index contributed by atoms with van der Waals surface area (Å²) >= 11 is 0. The summed E-state index contributed by atoms with van der Waals surface area (Å²) < 4.78 is 4.60. The maximum absolute atomic E-state index is 12.1. The summed E-state index contributed by atoms with van der Waals surface area (Å²) in [4.78, 5) is 23.1. The number of hydrogen-bond donors (Lipinski definition) is 3. The van der Waals surface area contributed by atoms with Crippen molar-refractivity contribution in [2.45, 2.75) is 51.5 Å². The number of fused-ring (bicyclic) bond motifs is 1. The summed E-state index contributed by atoms with van der Waals surface area (Å²) in [6, 6.07) is 0. The lowest BCUT2D eigenvalue weighted by atomic mass is 10.1. The van der Waals surface area contributed by atoms with Crippen LogP contribution in [-0.4, -0.2) is 42.3 Å². The Morgan fingerprint density at radius 2 is 2.00 bits per heavy atom. The van der Waals surface area contributed by atoms with Gasteiger partial charge in [-0.3, -0.25) is 14.7 Å². The van der Waals surface area contributed by atoms with Crippen molar-refractivity contribution < 1.29 is 14.3 Å². The largest absolute Gasteiger partial charge is 0.469 e. The van der Waals surface area contributed by atoms with E-state index in [0.717, 1.165) is 56.3 Å². The maximum atomic E-state index is 12.1. The van der Waals surface area contributed by atoms with Crippen LogP contribution in [0.5, 0.6) is 0 Å². The van der Waals surface area contributed by atoms with E-state index in [4.69, 9.17) is 0 Å². The zero-order chi connectivity index (χ0) is 16.5. The molecule has 0 saturated heterocycles. The number of nitrogens with one attached hydrogen (secondary N) is 3. The van der Waals surface area contributed by atoms with E-state index in [9.17, 15) is 9.59 Å². The fraction of sp³-hybridized carbons (Fsp3) is 0.688. The molecular formula is C16H26N4O3. The van der Waals surface area contributed by atoms with Crippen LogP contribution >= 0.6 is 0 Å². The number of hydrogen-bond acceptors (Lipinski definition) is 5. The Morgan fingerprint density at radius 1 is 1.22 bits per heavy atom. The topological polar surface area (TPSA) is 96.1 Å². The van der Waals surface area contributed by atoms with Gasteiger partial charge in [-0.1, -0.05) is 19.3 Å². The number of carbonyl (C=O) groups excluding carboxylic acids is 2. The predicted octanol–water partition coefficient (Wildman–Crippen LogP) is 1.30. The van der Waals surface area contributed by atoms with Gasteiger partial charge in [-0.2, -0.15) is 5.10 Å². The van der Waals surface area contributed by atoms with Crippen molar-refractivity contribution in [2.75, 3.05) is 20.2 Å². The number of amides is 1. The number of rotatable bonds is 9. The lowest BCUT2D eigenvalue weighted by Crippen LogP contribution is -2.29. The molecule has 128 valence electrons. The van der Waals surface area contributed by atoms with Crippen LogP contribution in [0.1, 0.15) is 60.3 Å². The summed E-state index contributed by atoms with van der Waals surface area (Å²) in [5.74, 6) is -0.244. The van der Waals surface area contributed by atoms with Gasteiger partial charge >= 0.3 is 5.97 Å². The van der Waals surface area contributed by atoms with Crippen molar-refractivity contribution in [2.24, 2.45) is 0 Å². The van der Waals surface area contributed by atoms with Crippen LogP contribution < -0.4 is 10.6 Å². The molecule has 2 heterocycles. The van der Waals surface area contributed by atoms with E-state index in [-0.39, 0.29) is 11.9 Å². The van der Waals surface area contributed by atoms with E-state index >= 15 is 0 Å². The number of ether oxygens (including phenoxy) is 1. The third-order valence-corrected chi connectivity index (χ3v) is 4.09. The predicted molar refractivity (Wildman–Crippen MR) is 86.0 cm³/mol. The van der Waals surface area contributed by atoms with E-state index in [1.807, 2.05) is 0 Å². The number of aromatic nitrogens is 2. The van der Waals surface area contributed by atoms with Gasteiger partial charge in [-0.25, -0.2) is 0 Å². The van der Waals surface area contributed by atoms with Gasteiger partial charge in [0, 0.05) is 43.7 Å². The van der Waals surface area contributed by atoms with Crippen LogP contribution in [0.15, 0.2) is 0 Å². The first kappa shape index (κ1) is 17.5. The van der Waals surface area contributed by atoms with Crippen molar-refractivity contribution in [1.29, 1.82) is 0 Å². The Balaban J connectivity index is 1.57. The van der Waals surface area contributed by atoms with Crippen molar-refractivity contribution in [3.05, 3.63) is 17.0 Å². The summed E-state index contributed by atoms with van der Waals surface area (Å²) in [5, 5.41) is 13.3. The molecule has 0 aliphatic carbocycles. The van der Waals surface area contributed by atoms with Gasteiger partial charge < -0.3 is 15.4 Å². The van der Waals surface area contributed by atoms with E-state index in [1.165, 1.54) is 7.11 Å². The highest BCUT2D eigenvalue weighted by Gasteiger charge is 2.20. The molecule has 0 unspecified atom stereocenters. The molecule has 0 atom stereocenters. The number of nitrogens with zero attached hydrogens (tertiary/aromatic N) is 1. The second-order valence-electron chi connectivity index (χ2n) is 5.81. The monoisotopic (exact) mass is 322 g/mol. The van der Waals surface area contributed by atoms with E-state index < -0.39 is 0 Å². The molecule has 0 fully saturated rings. The molecule has 0 aromatic carbocycles. The highest BCUT2D eigenvalue weighted by molar-refractivity contribution is 5.94. The molecule has 1 aromatic rings. The average Bonchev–Trinajstić information content (AvgIpc) is 3.01. The Morgan fingerprint density at radius 3 is 2.83 bits per heavy atom. The van der Waals surface area contributed by atoms with Crippen LogP contribution in [0.3, 0.4) is 0 Å². The Labute approximate surface area is 136 Å². The first-order valence-corrected chi connectivity index (χ1v) is 8.34. The molecule has 3 N–H and O–H groups in total. The molecule has 7 nitrogen and oxygen atoms in total. The molecule has 0 bridgehead atoms. The molecule has 1 aliphatic rings. The minimum atomic E-state index is -0.144. The smallest absolute Gasteiger partial charge is 0.305 e. The standard InChI is InChI=1S/C16H26N4O3/c1-23-14(21)7-5-3-2-4-6-9-18-16(22)15-12-11-17-10-8-13(12)19-20-15/h17H,2-11H2,1H3,(H,18,22)(H,19,20). The first-order chi connectivity index (χ1) is 11.2. The fourth-order valence-corrected chi connectivity index (χ4v) is 2.73. The lowest BCUT2D eigenvalue weighted by Gasteiger charge is -2.12. The van der Waals surface area contributed by atoms with Crippen LogP contribution in [0.25, 0.3) is 0 Å². The number of H-pyrrole nitrogens is 1. The molecule has 1 amide bonds. The molecule has 0 spiro atoms. The molecule has 0 saturated carbocycles. The number of carbonyl (C=O) groups is 2. The highest BCUT2D eigenvalue weighted by atomic mass is 16.5. The molecular weight excluding hydrogens is 296 g/mol. The van der Waals surface area contributed by atoms with Gasteiger partial charge in [-0.05, 0) is 12.8 Å². The third kappa shape index (κ3) is 5.35. The first-order valence-electron chi connectivity index (χ1n) is 8.34. The van der Waals surface area contributed by atoms with Crippen LogP contribution in [-0.2, 0) is 22.5 Å². The van der Waals surface area contributed by atoms with Gasteiger partial charge in [0.15, 0.2) is 5.69 Å². The van der Waals surface area contributed by atoms with Crippen LogP contribution in [0, 0.1) is 0 Å². The van der Waals surface area contributed by atoms with E-state index in [2.05, 4.69) is 25.6 Å². The summed E-state index contributed by atoms with van der Waals surface area (Å²) in [6.07, 6.45) is 6.31. The average molecular weight is 322 g/mol. The van der Waals surface area contributed by atoms with E-state index in [0.29, 0.717) is 25.2 Å². The van der Waals surface area contributed by atoms with Crippen molar-refractivity contribution >= 4 is 11.9 Å². The molecule has 7 heteroatoms. The molecule has 1 aliphatic heterocycles. The van der Waals surface area contributed by atoms with Gasteiger partial charge in [0.25, 0.3) is 5.91 Å². The molecule has 0 radical (unpaired) electrons. The zero-order valence-corrected chi connectivity index (χ0v) is 13.7. The Bertz CT molecular complexity index is 527. The number of methoxy groups -OCH3 is 1. The lowest BCUT2D eigenvalue weighted by molar-refractivity contribution is -0.140. The maximum Gasteiger partial charge on any atom is 0.305 e. The van der Waals surface area contributed by atoms with Crippen molar-refractivity contribution in [1.82, 2.24) is 20.8 Å². The van der Waals surface area contributed by atoms with Gasteiger partial charge in [-0.15, -0.1) is 0 Å². The second-order valence-corrected chi connectivity index (χ2v) is 5.81. The van der Waals surface area contributed by atoms with Gasteiger partial charge in [0.05, 0.1) is 7.11 Å². The number of unbranched alkanes of at least 4 members (excludes halogenated alkanes) is 4. The third-order valence-electron chi connectivity index (χ3n) is 4.09. The summed E-state index contributed by atoms with van der Waals surface area (Å²) in [5.41, 5.74) is 2.58. The second kappa shape index (κ2) is 9.29. The number of aromatic amines is 1. The quantitative estimate of drug-likeness (QED) is 0.470.